The minimum Gasteiger partial charge on any atom is -0.391 e. The summed E-state index contributed by atoms with van der Waals surface area (Å²) in [7, 11) is 1.96. The van der Waals surface area contributed by atoms with E-state index >= 15 is 0 Å². The number of anilines is 1. The van der Waals surface area contributed by atoms with Crippen molar-refractivity contribution in [2.45, 2.75) is 13.0 Å². The second-order valence-electron chi connectivity index (χ2n) is 4.06. The van der Waals surface area contributed by atoms with Crippen LogP contribution in [0.15, 0.2) is 37.1 Å². The van der Waals surface area contributed by atoms with Crippen molar-refractivity contribution in [3.63, 3.8) is 0 Å². The topological polar surface area (TPSA) is 62.1 Å². The Hall–Kier alpha value is -2.01. The molecule has 2 aromatic rings. The molecule has 0 aromatic carbocycles. The average molecular weight is 244 g/mol. The zero-order valence-electron chi connectivity index (χ0n) is 10.3. The van der Waals surface area contributed by atoms with Crippen LogP contribution in [0.4, 0.5) is 5.82 Å². The number of aliphatic hydroxyl groups is 1. The maximum Gasteiger partial charge on any atom is 0.137 e. The molecule has 2 heterocycles. The van der Waals surface area contributed by atoms with Gasteiger partial charge in [-0.3, -0.25) is 4.98 Å². The van der Waals surface area contributed by atoms with Crippen molar-refractivity contribution < 1.29 is 5.11 Å². The standard InChI is InChI=1S/C13H16N4O/c1-17(7-4-11-2-5-14-6-3-11)13-12(9-18)8-15-10-16-13/h2-3,5-6,8,10,18H,4,7,9H2,1H3. The minimum absolute atomic E-state index is 0.0459. The second kappa shape index (κ2) is 6.07. The van der Waals surface area contributed by atoms with Gasteiger partial charge in [0.2, 0.25) is 0 Å². The molecule has 5 heteroatoms. The van der Waals surface area contributed by atoms with Crippen molar-refractivity contribution >= 4 is 5.82 Å². The Morgan fingerprint density at radius 2 is 2.00 bits per heavy atom. The Balaban J connectivity index is 2.01. The van der Waals surface area contributed by atoms with Gasteiger partial charge in [0.15, 0.2) is 0 Å². The first kappa shape index (κ1) is 12.4. The van der Waals surface area contributed by atoms with Gasteiger partial charge in [0, 0.05) is 37.7 Å². The molecule has 0 aliphatic rings. The average Bonchev–Trinajstić information content (AvgIpc) is 2.45. The fourth-order valence-corrected chi connectivity index (χ4v) is 1.76. The number of rotatable bonds is 5. The Morgan fingerprint density at radius 3 is 2.72 bits per heavy atom. The molecule has 94 valence electrons. The van der Waals surface area contributed by atoms with Crippen LogP contribution in [-0.2, 0) is 13.0 Å². The number of aromatic nitrogens is 3. The molecule has 2 aromatic heterocycles. The molecule has 0 aliphatic heterocycles. The van der Waals surface area contributed by atoms with E-state index in [1.165, 1.54) is 11.9 Å². The van der Waals surface area contributed by atoms with Crippen molar-refractivity contribution in [2.24, 2.45) is 0 Å². The largest absolute Gasteiger partial charge is 0.391 e. The molecule has 0 atom stereocenters. The van der Waals surface area contributed by atoms with Gasteiger partial charge in [0.05, 0.1) is 6.61 Å². The number of hydrogen-bond acceptors (Lipinski definition) is 5. The molecule has 0 saturated carbocycles. The lowest BCUT2D eigenvalue weighted by Crippen LogP contribution is -2.23. The van der Waals surface area contributed by atoms with E-state index in [1.54, 1.807) is 18.6 Å². The number of aliphatic hydroxyl groups excluding tert-OH is 1. The summed E-state index contributed by atoms with van der Waals surface area (Å²) >= 11 is 0. The first-order valence-electron chi connectivity index (χ1n) is 5.81. The number of likely N-dealkylation sites (N-methyl/N-ethyl adjacent to an activating group) is 1. The van der Waals surface area contributed by atoms with Gasteiger partial charge in [-0.25, -0.2) is 9.97 Å². The summed E-state index contributed by atoms with van der Waals surface area (Å²) in [6.45, 7) is 0.782. The normalized spacial score (nSPS) is 10.3. The first-order chi connectivity index (χ1) is 8.81. The van der Waals surface area contributed by atoms with Crippen LogP contribution in [0.3, 0.4) is 0 Å². The molecule has 0 amide bonds. The lowest BCUT2D eigenvalue weighted by atomic mass is 10.2. The molecule has 0 fully saturated rings. The van der Waals surface area contributed by atoms with Crippen molar-refractivity contribution in [3.05, 3.63) is 48.2 Å². The fourth-order valence-electron chi connectivity index (χ4n) is 1.76. The van der Waals surface area contributed by atoms with Crippen LogP contribution in [0, 0.1) is 0 Å². The van der Waals surface area contributed by atoms with Gasteiger partial charge >= 0.3 is 0 Å². The van der Waals surface area contributed by atoms with Crippen LogP contribution in [0.5, 0.6) is 0 Å². The first-order valence-corrected chi connectivity index (χ1v) is 5.81. The summed E-state index contributed by atoms with van der Waals surface area (Å²) in [5.41, 5.74) is 1.98. The van der Waals surface area contributed by atoms with E-state index in [9.17, 15) is 5.11 Å². The molecule has 0 bridgehead atoms. The zero-order chi connectivity index (χ0) is 12.8. The van der Waals surface area contributed by atoms with Crippen LogP contribution in [0.1, 0.15) is 11.1 Å². The predicted molar refractivity (Wildman–Crippen MR) is 69.2 cm³/mol. The summed E-state index contributed by atoms with van der Waals surface area (Å²) in [6, 6.07) is 4.00. The minimum atomic E-state index is -0.0459. The fraction of sp³-hybridized carbons (Fsp3) is 0.308. The highest BCUT2D eigenvalue weighted by Gasteiger charge is 2.08. The molecule has 5 nitrogen and oxygen atoms in total. The highest BCUT2D eigenvalue weighted by Crippen LogP contribution is 2.14. The van der Waals surface area contributed by atoms with Gasteiger partial charge in [-0.15, -0.1) is 0 Å². The Morgan fingerprint density at radius 1 is 1.22 bits per heavy atom. The highest BCUT2D eigenvalue weighted by molar-refractivity contribution is 5.44. The van der Waals surface area contributed by atoms with E-state index in [0.29, 0.717) is 0 Å². The molecule has 1 N–H and O–H groups in total. The van der Waals surface area contributed by atoms with Crippen molar-refractivity contribution in [1.82, 2.24) is 15.0 Å². The van der Waals surface area contributed by atoms with Crippen molar-refractivity contribution in [2.75, 3.05) is 18.5 Å². The van der Waals surface area contributed by atoms with E-state index in [4.69, 9.17) is 0 Å². The molecular formula is C13H16N4O. The monoisotopic (exact) mass is 244 g/mol. The molecule has 18 heavy (non-hydrogen) atoms. The maximum atomic E-state index is 9.24. The van der Waals surface area contributed by atoms with Gasteiger partial charge in [-0.1, -0.05) is 0 Å². The summed E-state index contributed by atoms with van der Waals surface area (Å²) in [4.78, 5) is 14.1. The van der Waals surface area contributed by atoms with Crippen LogP contribution in [0.2, 0.25) is 0 Å². The van der Waals surface area contributed by atoms with Gasteiger partial charge in [-0.2, -0.15) is 0 Å². The summed E-state index contributed by atoms with van der Waals surface area (Å²) < 4.78 is 0. The van der Waals surface area contributed by atoms with E-state index in [-0.39, 0.29) is 6.61 Å². The molecular weight excluding hydrogens is 228 g/mol. The molecule has 2 rings (SSSR count). The van der Waals surface area contributed by atoms with Gasteiger partial charge in [-0.05, 0) is 24.1 Å². The van der Waals surface area contributed by atoms with Gasteiger partial charge < -0.3 is 10.0 Å². The number of nitrogens with zero attached hydrogens (tertiary/aromatic N) is 4. The van der Waals surface area contributed by atoms with E-state index in [0.717, 1.165) is 24.3 Å². The lowest BCUT2D eigenvalue weighted by Gasteiger charge is -2.20. The highest BCUT2D eigenvalue weighted by atomic mass is 16.3. The second-order valence-corrected chi connectivity index (χ2v) is 4.06. The third-order valence-corrected chi connectivity index (χ3v) is 2.78. The van der Waals surface area contributed by atoms with Crippen LogP contribution >= 0.6 is 0 Å². The van der Waals surface area contributed by atoms with Crippen LogP contribution in [-0.4, -0.2) is 33.7 Å². The van der Waals surface area contributed by atoms with E-state index < -0.39 is 0 Å². The van der Waals surface area contributed by atoms with Crippen LogP contribution < -0.4 is 4.90 Å². The van der Waals surface area contributed by atoms with Gasteiger partial charge in [0.25, 0.3) is 0 Å². The smallest absolute Gasteiger partial charge is 0.137 e. The Kier molecular flexibility index (Phi) is 4.20. The quantitative estimate of drug-likeness (QED) is 0.851. The Labute approximate surface area is 106 Å². The molecule has 0 saturated heterocycles. The van der Waals surface area contributed by atoms with Crippen LogP contribution in [0.25, 0.3) is 0 Å². The lowest BCUT2D eigenvalue weighted by molar-refractivity contribution is 0.281. The molecule has 0 unspecified atom stereocenters. The Bertz CT molecular complexity index is 489. The maximum absolute atomic E-state index is 9.24. The summed E-state index contributed by atoms with van der Waals surface area (Å²) in [6.07, 6.45) is 7.63. The number of pyridine rings is 1. The predicted octanol–water partition coefficient (Wildman–Crippen LogP) is 1.04. The molecule has 0 spiro atoms. The third-order valence-electron chi connectivity index (χ3n) is 2.78. The van der Waals surface area contributed by atoms with Crippen molar-refractivity contribution in [1.29, 1.82) is 0 Å². The van der Waals surface area contributed by atoms with E-state index in [1.807, 2.05) is 24.1 Å². The molecule has 0 aliphatic carbocycles. The number of hydrogen-bond donors (Lipinski definition) is 1. The van der Waals surface area contributed by atoms with Gasteiger partial charge in [0.1, 0.15) is 12.1 Å². The van der Waals surface area contributed by atoms with E-state index in [2.05, 4.69) is 15.0 Å². The van der Waals surface area contributed by atoms with Crippen molar-refractivity contribution in [3.8, 4) is 0 Å². The summed E-state index contributed by atoms with van der Waals surface area (Å²) in [5.74, 6) is 0.779. The third kappa shape index (κ3) is 3.01. The molecule has 0 radical (unpaired) electrons. The summed E-state index contributed by atoms with van der Waals surface area (Å²) in [5, 5.41) is 9.24. The zero-order valence-corrected chi connectivity index (χ0v) is 10.3. The SMILES string of the molecule is CN(CCc1ccncc1)c1ncncc1CO.